The van der Waals surface area contributed by atoms with E-state index in [1.807, 2.05) is 13.0 Å². The molecule has 0 bridgehead atoms. The number of aryl methyl sites for hydroxylation is 1. The molecule has 0 spiro atoms. The molecule has 0 radical (unpaired) electrons. The van der Waals surface area contributed by atoms with Crippen molar-refractivity contribution in [2.24, 2.45) is 0 Å². The van der Waals surface area contributed by atoms with Gasteiger partial charge in [0.15, 0.2) is 0 Å². The molecule has 0 N–H and O–H groups in total. The zero-order valence-corrected chi connectivity index (χ0v) is 32.9. The van der Waals surface area contributed by atoms with Crippen molar-refractivity contribution in [3.05, 3.63) is 205 Å². The molecule has 0 saturated heterocycles. The number of allylic oxidation sites excluding steroid dienone is 5. The fraction of sp³-hybridized carbons (Fsp3) is 0.0545. The molecule has 59 heavy (non-hydrogen) atoms. The smallest absolute Gasteiger partial charge is 0.143 e. The number of fused-ring (bicyclic) bond motifs is 8. The van der Waals surface area contributed by atoms with E-state index in [1.54, 1.807) is 0 Å². The molecular weight excluding hydrogens is 721 g/mol. The van der Waals surface area contributed by atoms with Crippen molar-refractivity contribution in [3.8, 4) is 16.8 Å². The SMILES string of the molecule is C=C1/C=C(c2cc(-c3ccc4c(c3)c3ccccc3n4-c3ccccc3)cc3c2oc2cc4oc(/C=C\C)c(CC)c4cc23)\C=C/N(c2ccccc2)c2ccccc21. The number of hydrogen-bond acceptors (Lipinski definition) is 3. The summed E-state index contributed by atoms with van der Waals surface area (Å²) in [5.74, 6) is 0.901. The maximum absolute atomic E-state index is 6.95. The van der Waals surface area contributed by atoms with Crippen molar-refractivity contribution < 1.29 is 8.83 Å². The summed E-state index contributed by atoms with van der Waals surface area (Å²) in [6.45, 7) is 8.85. The van der Waals surface area contributed by atoms with Gasteiger partial charge < -0.3 is 18.3 Å². The molecule has 3 aromatic heterocycles. The summed E-state index contributed by atoms with van der Waals surface area (Å²) < 4.78 is 15.7. The van der Waals surface area contributed by atoms with Gasteiger partial charge >= 0.3 is 0 Å². The first-order chi connectivity index (χ1) is 29.1. The number of para-hydroxylation sites is 4. The Labute approximate surface area is 342 Å². The van der Waals surface area contributed by atoms with Crippen LogP contribution in [-0.2, 0) is 6.42 Å². The third kappa shape index (κ3) is 5.60. The third-order valence-corrected chi connectivity index (χ3v) is 11.8. The molecule has 1 aliphatic rings. The van der Waals surface area contributed by atoms with Gasteiger partial charge in [-0.15, -0.1) is 0 Å². The minimum atomic E-state index is 0.793. The van der Waals surface area contributed by atoms with Crippen LogP contribution in [0.25, 0.3) is 88.8 Å². The quantitative estimate of drug-likeness (QED) is 0.169. The lowest BCUT2D eigenvalue weighted by Gasteiger charge is -2.26. The summed E-state index contributed by atoms with van der Waals surface area (Å²) in [6.07, 6.45) is 11.5. The normalized spacial score (nSPS) is 14.7. The van der Waals surface area contributed by atoms with E-state index in [0.29, 0.717) is 0 Å². The van der Waals surface area contributed by atoms with E-state index < -0.39 is 0 Å². The van der Waals surface area contributed by atoms with Gasteiger partial charge in [0.2, 0.25) is 0 Å². The number of anilines is 2. The number of nitrogens with zero attached hydrogens (tertiary/aromatic N) is 2. The first-order valence-electron chi connectivity index (χ1n) is 20.3. The zero-order chi connectivity index (χ0) is 39.6. The maximum atomic E-state index is 6.95. The van der Waals surface area contributed by atoms with Gasteiger partial charge in [0, 0.05) is 67.3 Å². The summed E-state index contributed by atoms with van der Waals surface area (Å²) in [6, 6.07) is 54.1. The Balaban J connectivity index is 1.18. The monoisotopic (exact) mass is 760 g/mol. The van der Waals surface area contributed by atoms with Gasteiger partial charge in [0.05, 0.1) is 16.7 Å². The van der Waals surface area contributed by atoms with Gasteiger partial charge in [-0.3, -0.25) is 0 Å². The predicted octanol–water partition coefficient (Wildman–Crippen LogP) is 15.5. The lowest BCUT2D eigenvalue weighted by Crippen LogP contribution is -2.11. The van der Waals surface area contributed by atoms with Crippen LogP contribution in [-0.4, -0.2) is 4.57 Å². The standard InChI is InChI=1S/C55H40N2O2/c1-4-16-52-41(5-2)46-33-47-48-32-38(36-25-26-51-45(30-36)43-22-13-15-24-50(43)57(51)40-19-10-7-11-20-40)31-44(55(48)59-54(47)34-53(46)58-52)37-27-28-56(39-17-8-6-9-18-39)49-23-14-12-21-42(49)35(3)29-37/h4,6-34H,3,5H2,1-2H3/b16-4-,28-27-,37-29+. The van der Waals surface area contributed by atoms with Crippen LogP contribution >= 0.6 is 0 Å². The zero-order valence-electron chi connectivity index (χ0n) is 32.9. The Morgan fingerprint density at radius 1 is 0.593 bits per heavy atom. The molecule has 0 amide bonds. The van der Waals surface area contributed by atoms with Crippen molar-refractivity contribution in [3.63, 3.8) is 0 Å². The average Bonchev–Trinajstić information content (AvgIpc) is 3.93. The molecule has 0 unspecified atom stereocenters. The number of rotatable bonds is 6. The van der Waals surface area contributed by atoms with Crippen LogP contribution < -0.4 is 4.90 Å². The van der Waals surface area contributed by atoms with Crippen LogP contribution in [0.3, 0.4) is 0 Å². The summed E-state index contributed by atoms with van der Waals surface area (Å²) in [5, 5.41) is 5.66. The maximum Gasteiger partial charge on any atom is 0.143 e. The summed E-state index contributed by atoms with van der Waals surface area (Å²) in [5.41, 5.74) is 15.5. The van der Waals surface area contributed by atoms with Crippen LogP contribution in [0, 0.1) is 0 Å². The number of benzene rings is 7. The van der Waals surface area contributed by atoms with Crippen molar-refractivity contribution in [1.82, 2.24) is 4.57 Å². The van der Waals surface area contributed by atoms with Crippen molar-refractivity contribution in [2.45, 2.75) is 20.3 Å². The molecule has 11 rings (SSSR count). The van der Waals surface area contributed by atoms with Crippen molar-refractivity contribution >= 4 is 83.3 Å². The molecule has 10 aromatic rings. The van der Waals surface area contributed by atoms with Crippen LogP contribution in [0.5, 0.6) is 0 Å². The van der Waals surface area contributed by atoms with Crippen LogP contribution in [0.15, 0.2) is 192 Å². The predicted molar refractivity (Wildman–Crippen MR) is 249 cm³/mol. The molecule has 282 valence electrons. The largest absolute Gasteiger partial charge is 0.456 e. The van der Waals surface area contributed by atoms with E-state index in [0.717, 1.165) is 95.6 Å². The first kappa shape index (κ1) is 34.7. The lowest BCUT2D eigenvalue weighted by molar-refractivity contribution is 0.597. The summed E-state index contributed by atoms with van der Waals surface area (Å²) in [4.78, 5) is 2.24. The van der Waals surface area contributed by atoms with E-state index in [2.05, 4.69) is 199 Å². The second kappa shape index (κ2) is 13.8. The summed E-state index contributed by atoms with van der Waals surface area (Å²) in [7, 11) is 0. The Kier molecular flexibility index (Phi) is 8.12. The van der Waals surface area contributed by atoms with Gasteiger partial charge in [-0.2, -0.15) is 0 Å². The van der Waals surface area contributed by atoms with Gasteiger partial charge in [-0.25, -0.2) is 0 Å². The van der Waals surface area contributed by atoms with E-state index in [9.17, 15) is 0 Å². The van der Waals surface area contributed by atoms with Crippen molar-refractivity contribution in [2.75, 3.05) is 4.90 Å². The number of furan rings is 2. The van der Waals surface area contributed by atoms with Gasteiger partial charge in [0.1, 0.15) is 22.5 Å². The molecule has 0 atom stereocenters. The van der Waals surface area contributed by atoms with Crippen molar-refractivity contribution in [1.29, 1.82) is 0 Å². The molecular formula is C55H40N2O2. The highest BCUT2D eigenvalue weighted by Gasteiger charge is 2.22. The molecule has 4 heteroatoms. The van der Waals surface area contributed by atoms with Gasteiger partial charge in [0.25, 0.3) is 0 Å². The van der Waals surface area contributed by atoms with Gasteiger partial charge in [-0.1, -0.05) is 98.4 Å². The molecule has 7 aromatic carbocycles. The molecule has 4 heterocycles. The Morgan fingerprint density at radius 2 is 1.31 bits per heavy atom. The molecule has 0 saturated carbocycles. The fourth-order valence-electron chi connectivity index (χ4n) is 9.06. The highest BCUT2D eigenvalue weighted by atomic mass is 16.3. The molecule has 0 fully saturated rings. The first-order valence-corrected chi connectivity index (χ1v) is 20.3. The van der Waals surface area contributed by atoms with E-state index in [-0.39, 0.29) is 0 Å². The minimum Gasteiger partial charge on any atom is -0.456 e. The summed E-state index contributed by atoms with van der Waals surface area (Å²) >= 11 is 0. The Hall–Kier alpha value is -7.56. The van der Waals surface area contributed by atoms with Crippen LogP contribution in [0.4, 0.5) is 11.4 Å². The molecule has 1 aliphatic heterocycles. The third-order valence-electron chi connectivity index (χ3n) is 11.8. The number of hydrogen-bond donors (Lipinski definition) is 0. The molecule has 4 nitrogen and oxygen atoms in total. The van der Waals surface area contributed by atoms with E-state index in [4.69, 9.17) is 8.83 Å². The van der Waals surface area contributed by atoms with E-state index >= 15 is 0 Å². The second-order valence-corrected chi connectivity index (χ2v) is 15.2. The van der Waals surface area contributed by atoms with Gasteiger partial charge in [-0.05, 0) is 121 Å². The van der Waals surface area contributed by atoms with Crippen LogP contribution in [0.2, 0.25) is 0 Å². The fourth-order valence-corrected chi connectivity index (χ4v) is 9.06. The highest BCUT2D eigenvalue weighted by Crippen LogP contribution is 2.44. The van der Waals surface area contributed by atoms with Crippen LogP contribution in [0.1, 0.15) is 36.3 Å². The number of aromatic nitrogens is 1. The average molecular weight is 761 g/mol. The minimum absolute atomic E-state index is 0.793. The Bertz CT molecular complexity index is 3390. The van der Waals surface area contributed by atoms with E-state index in [1.165, 1.54) is 27.4 Å². The molecule has 0 aliphatic carbocycles. The lowest BCUT2D eigenvalue weighted by atomic mass is 9.92. The topological polar surface area (TPSA) is 34.5 Å². The second-order valence-electron chi connectivity index (χ2n) is 15.2. The highest BCUT2D eigenvalue weighted by molar-refractivity contribution is 6.15. The Morgan fingerprint density at radius 3 is 2.12 bits per heavy atom.